The van der Waals surface area contributed by atoms with Crippen LogP contribution in [-0.4, -0.2) is 42.0 Å². The van der Waals surface area contributed by atoms with E-state index in [0.29, 0.717) is 25.2 Å². The van der Waals surface area contributed by atoms with Gasteiger partial charge in [0.25, 0.3) is 5.91 Å². The number of ether oxygens (including phenoxy) is 1. The number of aromatic amines is 1. The molecule has 2 heterocycles. The van der Waals surface area contributed by atoms with Gasteiger partial charge in [0.1, 0.15) is 5.69 Å². The van der Waals surface area contributed by atoms with E-state index in [-0.39, 0.29) is 17.8 Å². The van der Waals surface area contributed by atoms with Crippen molar-refractivity contribution in [2.75, 3.05) is 20.2 Å². The summed E-state index contributed by atoms with van der Waals surface area (Å²) in [6.45, 7) is 1.06. The van der Waals surface area contributed by atoms with Crippen molar-refractivity contribution in [3.63, 3.8) is 0 Å². The van der Waals surface area contributed by atoms with Gasteiger partial charge in [-0.05, 0) is 18.6 Å². The number of esters is 1. The van der Waals surface area contributed by atoms with Crippen molar-refractivity contribution in [3.05, 3.63) is 24.0 Å². The maximum atomic E-state index is 11.9. The Balaban J connectivity index is 1.99. The Morgan fingerprint density at radius 3 is 3.00 bits per heavy atom. The van der Waals surface area contributed by atoms with Crippen LogP contribution in [0.5, 0.6) is 0 Å². The highest BCUT2D eigenvalue weighted by Gasteiger charge is 2.32. The highest BCUT2D eigenvalue weighted by Crippen LogP contribution is 2.19. The molecule has 1 fully saturated rings. The maximum Gasteiger partial charge on any atom is 0.310 e. The molecule has 1 unspecified atom stereocenters. The van der Waals surface area contributed by atoms with Gasteiger partial charge in [0, 0.05) is 19.3 Å². The predicted octanol–water partition coefficient (Wildman–Crippen LogP) is 0.650. The molecule has 0 radical (unpaired) electrons. The zero-order chi connectivity index (χ0) is 11.5. The van der Waals surface area contributed by atoms with Crippen LogP contribution >= 0.6 is 0 Å². The Kier molecular flexibility index (Phi) is 2.94. The third kappa shape index (κ3) is 1.93. The molecule has 1 aliphatic rings. The first kappa shape index (κ1) is 10.7. The molecule has 1 atom stereocenters. The highest BCUT2D eigenvalue weighted by atomic mass is 16.5. The number of amides is 1. The Morgan fingerprint density at radius 1 is 1.56 bits per heavy atom. The van der Waals surface area contributed by atoms with Gasteiger partial charge in [-0.25, -0.2) is 0 Å². The second-order valence-corrected chi connectivity index (χ2v) is 3.84. The van der Waals surface area contributed by atoms with Crippen molar-refractivity contribution < 1.29 is 14.3 Å². The Bertz CT molecular complexity index is 386. The number of hydrogen-bond acceptors (Lipinski definition) is 3. The van der Waals surface area contributed by atoms with E-state index in [1.165, 1.54) is 7.11 Å². The zero-order valence-electron chi connectivity index (χ0n) is 9.10. The van der Waals surface area contributed by atoms with E-state index in [1.54, 1.807) is 23.2 Å². The van der Waals surface area contributed by atoms with Gasteiger partial charge in [0.05, 0.1) is 13.0 Å². The lowest BCUT2D eigenvalue weighted by molar-refractivity contribution is -0.144. The van der Waals surface area contributed by atoms with Gasteiger partial charge in [-0.1, -0.05) is 0 Å². The smallest absolute Gasteiger partial charge is 0.310 e. The molecular weight excluding hydrogens is 208 g/mol. The third-order valence-corrected chi connectivity index (χ3v) is 2.84. The first-order chi connectivity index (χ1) is 7.72. The summed E-state index contributed by atoms with van der Waals surface area (Å²) in [5, 5.41) is 0. The molecule has 5 heteroatoms. The quantitative estimate of drug-likeness (QED) is 0.747. The number of rotatable bonds is 2. The van der Waals surface area contributed by atoms with Crippen LogP contribution in [0.15, 0.2) is 18.3 Å². The van der Waals surface area contributed by atoms with Crippen molar-refractivity contribution in [2.45, 2.75) is 6.42 Å². The second-order valence-electron chi connectivity index (χ2n) is 3.84. The Morgan fingerprint density at radius 2 is 2.38 bits per heavy atom. The number of hydrogen-bond donors (Lipinski definition) is 1. The first-order valence-corrected chi connectivity index (χ1v) is 5.23. The Hall–Kier alpha value is -1.78. The van der Waals surface area contributed by atoms with E-state index in [1.807, 2.05) is 0 Å². The van der Waals surface area contributed by atoms with Crippen LogP contribution in [0.3, 0.4) is 0 Å². The van der Waals surface area contributed by atoms with Crippen LogP contribution in [-0.2, 0) is 9.53 Å². The van der Waals surface area contributed by atoms with Crippen molar-refractivity contribution in [1.29, 1.82) is 0 Å². The molecule has 1 aromatic rings. The molecule has 2 rings (SSSR count). The molecule has 1 amide bonds. The summed E-state index contributed by atoms with van der Waals surface area (Å²) in [6, 6.07) is 3.51. The number of H-pyrrole nitrogens is 1. The molecule has 0 spiro atoms. The first-order valence-electron chi connectivity index (χ1n) is 5.23. The van der Waals surface area contributed by atoms with Crippen LogP contribution in [0.2, 0.25) is 0 Å². The van der Waals surface area contributed by atoms with Crippen LogP contribution in [0.25, 0.3) is 0 Å². The van der Waals surface area contributed by atoms with Gasteiger partial charge in [-0.15, -0.1) is 0 Å². The molecule has 1 saturated heterocycles. The minimum Gasteiger partial charge on any atom is -0.469 e. The minimum atomic E-state index is -0.234. The van der Waals surface area contributed by atoms with Crippen LogP contribution in [0.4, 0.5) is 0 Å². The SMILES string of the molecule is COC(=O)C1CCN(C(=O)c2ccc[nH]2)C1. The molecule has 0 aromatic carbocycles. The molecule has 1 N–H and O–H groups in total. The van der Waals surface area contributed by atoms with Crippen molar-refractivity contribution in [1.82, 2.24) is 9.88 Å². The van der Waals surface area contributed by atoms with Gasteiger partial charge < -0.3 is 14.6 Å². The van der Waals surface area contributed by atoms with Gasteiger partial charge in [-0.3, -0.25) is 9.59 Å². The standard InChI is InChI=1S/C11H14N2O3/c1-16-11(15)8-4-6-13(7-8)10(14)9-3-2-5-12-9/h2-3,5,8,12H,4,6-7H2,1H3. The number of aromatic nitrogens is 1. The van der Waals surface area contributed by atoms with E-state index in [4.69, 9.17) is 0 Å². The second kappa shape index (κ2) is 4.38. The number of methoxy groups -OCH3 is 1. The predicted molar refractivity (Wildman–Crippen MR) is 56.8 cm³/mol. The summed E-state index contributed by atoms with van der Waals surface area (Å²) >= 11 is 0. The van der Waals surface area contributed by atoms with E-state index < -0.39 is 0 Å². The Labute approximate surface area is 93.4 Å². The van der Waals surface area contributed by atoms with E-state index in [2.05, 4.69) is 9.72 Å². The lowest BCUT2D eigenvalue weighted by Crippen LogP contribution is -2.30. The molecule has 5 nitrogen and oxygen atoms in total. The molecule has 0 bridgehead atoms. The number of nitrogens with zero attached hydrogens (tertiary/aromatic N) is 1. The van der Waals surface area contributed by atoms with Crippen LogP contribution in [0.1, 0.15) is 16.9 Å². The molecule has 1 aromatic heterocycles. The van der Waals surface area contributed by atoms with Crippen molar-refractivity contribution in [2.24, 2.45) is 5.92 Å². The minimum absolute atomic E-state index is 0.0589. The third-order valence-electron chi connectivity index (χ3n) is 2.84. The molecular formula is C11H14N2O3. The van der Waals surface area contributed by atoms with Gasteiger partial charge in [0.2, 0.25) is 0 Å². The monoisotopic (exact) mass is 222 g/mol. The van der Waals surface area contributed by atoms with E-state index in [9.17, 15) is 9.59 Å². The summed E-state index contributed by atoms with van der Waals surface area (Å²) in [7, 11) is 1.37. The fraction of sp³-hybridized carbons (Fsp3) is 0.455. The van der Waals surface area contributed by atoms with Crippen molar-refractivity contribution >= 4 is 11.9 Å². The topological polar surface area (TPSA) is 62.4 Å². The molecule has 1 aliphatic heterocycles. The summed E-state index contributed by atoms with van der Waals surface area (Å²) in [4.78, 5) is 27.7. The number of carbonyl (C=O) groups excluding carboxylic acids is 2. The maximum absolute atomic E-state index is 11.9. The molecule has 16 heavy (non-hydrogen) atoms. The van der Waals surface area contributed by atoms with E-state index >= 15 is 0 Å². The average Bonchev–Trinajstić information content (AvgIpc) is 2.97. The summed E-state index contributed by atoms with van der Waals surface area (Å²) in [6.07, 6.45) is 2.39. The molecule has 0 saturated carbocycles. The fourth-order valence-electron chi connectivity index (χ4n) is 1.94. The van der Waals surface area contributed by atoms with Crippen molar-refractivity contribution in [3.8, 4) is 0 Å². The molecule has 0 aliphatic carbocycles. The van der Waals surface area contributed by atoms with E-state index in [0.717, 1.165) is 0 Å². The largest absolute Gasteiger partial charge is 0.469 e. The molecule has 86 valence electrons. The summed E-state index contributed by atoms with van der Waals surface area (Å²) < 4.78 is 4.67. The lowest BCUT2D eigenvalue weighted by atomic mass is 10.1. The average molecular weight is 222 g/mol. The summed E-state index contributed by atoms with van der Waals surface area (Å²) in [5.74, 6) is -0.470. The number of likely N-dealkylation sites (tertiary alicyclic amines) is 1. The van der Waals surface area contributed by atoms with Gasteiger partial charge in [-0.2, -0.15) is 0 Å². The van der Waals surface area contributed by atoms with Crippen LogP contribution < -0.4 is 0 Å². The van der Waals surface area contributed by atoms with Gasteiger partial charge >= 0.3 is 5.97 Å². The fourth-order valence-corrected chi connectivity index (χ4v) is 1.94. The normalized spacial score (nSPS) is 19.8. The summed E-state index contributed by atoms with van der Waals surface area (Å²) in [5.41, 5.74) is 0.561. The van der Waals surface area contributed by atoms with Crippen LogP contribution in [0, 0.1) is 5.92 Å². The van der Waals surface area contributed by atoms with Gasteiger partial charge in [0.15, 0.2) is 0 Å². The lowest BCUT2D eigenvalue weighted by Gasteiger charge is -2.14. The number of carbonyl (C=O) groups is 2. The number of nitrogens with one attached hydrogen (secondary N) is 1. The highest BCUT2D eigenvalue weighted by molar-refractivity contribution is 5.93. The zero-order valence-corrected chi connectivity index (χ0v) is 9.10.